The number of fused-ring (bicyclic) bond motifs is 1. The molecule has 0 saturated carbocycles. The maximum absolute atomic E-state index is 14.0. The molecule has 0 amide bonds. The van der Waals surface area contributed by atoms with E-state index in [9.17, 15) is 4.39 Å². The van der Waals surface area contributed by atoms with Crippen LogP contribution in [0.3, 0.4) is 0 Å². The number of aromatic nitrogens is 3. The van der Waals surface area contributed by atoms with Gasteiger partial charge in [-0.05, 0) is 61.1 Å². The molecule has 0 spiro atoms. The molecule has 0 radical (unpaired) electrons. The highest BCUT2D eigenvalue weighted by Crippen LogP contribution is 2.33. The Morgan fingerprint density at radius 1 is 1.00 bits per heavy atom. The minimum absolute atomic E-state index is 0.283. The van der Waals surface area contributed by atoms with Crippen LogP contribution in [0.2, 0.25) is 0 Å². The van der Waals surface area contributed by atoms with Crippen LogP contribution in [-0.2, 0) is 7.05 Å². The first-order valence-corrected chi connectivity index (χ1v) is 9.93. The highest BCUT2D eigenvalue weighted by atomic mass is 32.2. The van der Waals surface area contributed by atoms with Crippen molar-refractivity contribution in [2.75, 3.05) is 6.26 Å². The van der Waals surface area contributed by atoms with E-state index in [4.69, 9.17) is 0 Å². The second-order valence-electron chi connectivity index (χ2n) is 6.70. The summed E-state index contributed by atoms with van der Waals surface area (Å²) in [5.41, 5.74) is 6.95. The fourth-order valence-corrected chi connectivity index (χ4v) is 3.93. The zero-order chi connectivity index (χ0) is 19.1. The molecule has 1 aromatic carbocycles. The molecule has 0 atom stereocenters. The Morgan fingerprint density at radius 3 is 2.56 bits per heavy atom. The Bertz CT molecular complexity index is 1160. The number of hydrogen-bond acceptors (Lipinski definition) is 3. The van der Waals surface area contributed by atoms with E-state index in [2.05, 4.69) is 51.8 Å². The van der Waals surface area contributed by atoms with Crippen LogP contribution < -0.4 is 0 Å². The van der Waals surface area contributed by atoms with Crippen LogP contribution in [0, 0.1) is 19.7 Å². The number of thioether (sulfide) groups is 1. The number of hydrogen-bond donors (Lipinski definition) is 0. The Morgan fingerprint density at radius 2 is 1.81 bits per heavy atom. The van der Waals surface area contributed by atoms with Crippen LogP contribution in [-0.4, -0.2) is 20.8 Å². The quantitative estimate of drug-likeness (QED) is 0.424. The molecule has 0 unspecified atom stereocenters. The molecular weight excluding hydrogens is 357 g/mol. The van der Waals surface area contributed by atoms with E-state index in [1.54, 1.807) is 24.9 Å². The molecule has 0 N–H and O–H groups in total. The third-order valence-corrected chi connectivity index (χ3v) is 5.72. The molecule has 27 heavy (non-hydrogen) atoms. The monoisotopic (exact) mass is 377 g/mol. The lowest BCUT2D eigenvalue weighted by Gasteiger charge is -2.09. The van der Waals surface area contributed by atoms with Crippen LogP contribution in [0.4, 0.5) is 4.39 Å². The first-order chi connectivity index (χ1) is 13.0. The Labute approximate surface area is 162 Å². The van der Waals surface area contributed by atoms with E-state index in [1.807, 2.05) is 19.5 Å². The van der Waals surface area contributed by atoms with Gasteiger partial charge in [0.2, 0.25) is 0 Å². The van der Waals surface area contributed by atoms with Crippen LogP contribution in [0.1, 0.15) is 11.1 Å². The number of halogens is 1. The molecule has 0 bridgehead atoms. The van der Waals surface area contributed by atoms with Gasteiger partial charge >= 0.3 is 0 Å². The molecule has 3 aromatic heterocycles. The van der Waals surface area contributed by atoms with Gasteiger partial charge < -0.3 is 4.57 Å². The molecule has 0 fully saturated rings. The minimum Gasteiger partial charge on any atom is -0.344 e. The molecule has 0 saturated heterocycles. The lowest BCUT2D eigenvalue weighted by Crippen LogP contribution is -1.96. The highest BCUT2D eigenvalue weighted by molar-refractivity contribution is 7.98. The summed E-state index contributed by atoms with van der Waals surface area (Å²) in [5, 5.41) is 2.13. The standard InChI is InChI=1S/C22H20FN3S/c1-13-7-22(27-4)25-11-17(13)15-5-6-20-16(8-15)9-21(26(20)3)18-10-24-12-19(23)14(18)2/h5-12H,1-4H3. The van der Waals surface area contributed by atoms with Crippen LogP contribution in [0.15, 0.2) is 53.9 Å². The van der Waals surface area contributed by atoms with Gasteiger partial charge in [-0.1, -0.05) is 6.07 Å². The number of benzene rings is 1. The molecule has 0 aliphatic heterocycles. The van der Waals surface area contributed by atoms with E-state index >= 15 is 0 Å². The van der Waals surface area contributed by atoms with Crippen LogP contribution in [0.5, 0.6) is 0 Å². The number of nitrogens with zero attached hydrogens (tertiary/aromatic N) is 3. The van der Waals surface area contributed by atoms with Gasteiger partial charge in [-0.15, -0.1) is 11.8 Å². The predicted octanol–water partition coefficient (Wildman–Crippen LogP) is 5.78. The maximum Gasteiger partial charge on any atom is 0.145 e. The van der Waals surface area contributed by atoms with Crippen molar-refractivity contribution in [3.05, 3.63) is 65.9 Å². The zero-order valence-electron chi connectivity index (χ0n) is 15.7. The molecule has 0 aliphatic carbocycles. The molecule has 5 heteroatoms. The molecule has 3 heterocycles. The number of pyridine rings is 2. The van der Waals surface area contributed by atoms with Crippen molar-refractivity contribution >= 4 is 22.7 Å². The van der Waals surface area contributed by atoms with Crippen LogP contribution >= 0.6 is 11.8 Å². The predicted molar refractivity (Wildman–Crippen MR) is 111 cm³/mol. The van der Waals surface area contributed by atoms with Crippen molar-refractivity contribution in [2.45, 2.75) is 18.9 Å². The fourth-order valence-electron chi connectivity index (χ4n) is 3.48. The van der Waals surface area contributed by atoms with Crippen molar-refractivity contribution in [1.29, 1.82) is 0 Å². The first-order valence-electron chi connectivity index (χ1n) is 8.70. The summed E-state index contributed by atoms with van der Waals surface area (Å²) in [6, 6.07) is 10.6. The Kier molecular flexibility index (Phi) is 4.48. The van der Waals surface area contributed by atoms with E-state index in [-0.39, 0.29) is 5.82 Å². The summed E-state index contributed by atoms with van der Waals surface area (Å²) in [5.74, 6) is -0.283. The normalized spacial score (nSPS) is 11.3. The number of aryl methyl sites for hydroxylation is 2. The fraction of sp³-hybridized carbons (Fsp3) is 0.182. The van der Waals surface area contributed by atoms with Gasteiger partial charge in [-0.3, -0.25) is 4.98 Å². The van der Waals surface area contributed by atoms with Gasteiger partial charge in [-0.2, -0.15) is 0 Å². The van der Waals surface area contributed by atoms with Crippen molar-refractivity contribution in [2.24, 2.45) is 7.05 Å². The summed E-state index contributed by atoms with van der Waals surface area (Å²) in [6.07, 6.45) is 6.95. The second kappa shape index (κ2) is 6.82. The lowest BCUT2D eigenvalue weighted by atomic mass is 10.0. The minimum atomic E-state index is -0.283. The van der Waals surface area contributed by atoms with Crippen LogP contribution in [0.25, 0.3) is 33.3 Å². The number of rotatable bonds is 3. The summed E-state index contributed by atoms with van der Waals surface area (Å²) >= 11 is 1.64. The van der Waals surface area contributed by atoms with Crippen molar-refractivity contribution in [1.82, 2.24) is 14.5 Å². The first kappa shape index (κ1) is 17.7. The van der Waals surface area contributed by atoms with Crippen molar-refractivity contribution in [3.8, 4) is 22.4 Å². The van der Waals surface area contributed by atoms with Gasteiger partial charge in [0, 0.05) is 41.5 Å². The molecular formula is C22H20FN3S. The Hall–Kier alpha value is -2.66. The molecule has 3 nitrogen and oxygen atoms in total. The topological polar surface area (TPSA) is 30.7 Å². The van der Waals surface area contributed by atoms with Crippen molar-refractivity contribution in [3.63, 3.8) is 0 Å². The third-order valence-electron chi connectivity index (χ3n) is 5.08. The van der Waals surface area contributed by atoms with Gasteiger partial charge in [0.25, 0.3) is 0 Å². The third kappa shape index (κ3) is 3.02. The molecule has 0 aliphatic rings. The molecule has 136 valence electrons. The van der Waals surface area contributed by atoms with E-state index in [1.165, 1.54) is 11.8 Å². The average molecular weight is 377 g/mol. The highest BCUT2D eigenvalue weighted by Gasteiger charge is 2.14. The zero-order valence-corrected chi connectivity index (χ0v) is 16.6. The summed E-state index contributed by atoms with van der Waals surface area (Å²) in [7, 11) is 2.00. The SMILES string of the molecule is CSc1cc(C)c(-c2ccc3c(c2)cc(-c2cncc(F)c2C)n3C)cn1. The van der Waals surface area contributed by atoms with Gasteiger partial charge in [0.1, 0.15) is 5.82 Å². The van der Waals surface area contributed by atoms with E-state index in [0.717, 1.165) is 38.3 Å². The van der Waals surface area contributed by atoms with Gasteiger partial charge in [-0.25, -0.2) is 9.37 Å². The largest absolute Gasteiger partial charge is 0.344 e. The van der Waals surface area contributed by atoms with Crippen molar-refractivity contribution < 1.29 is 4.39 Å². The van der Waals surface area contributed by atoms with Gasteiger partial charge in [0.05, 0.1) is 16.9 Å². The van der Waals surface area contributed by atoms with E-state index in [0.29, 0.717) is 5.56 Å². The summed E-state index contributed by atoms with van der Waals surface area (Å²) in [6.45, 7) is 3.90. The second-order valence-corrected chi connectivity index (χ2v) is 7.52. The average Bonchev–Trinajstić information content (AvgIpc) is 2.99. The maximum atomic E-state index is 14.0. The summed E-state index contributed by atoms with van der Waals surface area (Å²) in [4.78, 5) is 8.54. The Balaban J connectivity index is 1.86. The summed E-state index contributed by atoms with van der Waals surface area (Å²) < 4.78 is 16.1. The molecule has 4 rings (SSSR count). The van der Waals surface area contributed by atoms with Gasteiger partial charge in [0.15, 0.2) is 0 Å². The molecule has 4 aromatic rings. The lowest BCUT2D eigenvalue weighted by molar-refractivity contribution is 0.612. The van der Waals surface area contributed by atoms with E-state index < -0.39 is 0 Å². The smallest absolute Gasteiger partial charge is 0.145 e.